The number of aryl methyl sites for hydroxylation is 2. The van der Waals surface area contributed by atoms with Crippen LogP contribution in [-0.4, -0.2) is 5.43 Å². The first-order valence-corrected chi connectivity index (χ1v) is 16.2. The maximum absolute atomic E-state index is 2.25. The van der Waals surface area contributed by atoms with E-state index in [1.54, 1.807) is 23.3 Å². The average Bonchev–Trinajstić information content (AvgIpc) is 3.41. The minimum atomic E-state index is -0.455. The van der Waals surface area contributed by atoms with Crippen LogP contribution in [-0.2, 0) is 23.3 Å². The molecule has 0 amide bonds. The first-order chi connectivity index (χ1) is 15.5. The number of fused-ring (bicyclic) bond motifs is 1. The van der Waals surface area contributed by atoms with Crippen LogP contribution in [0.25, 0.3) is 10.8 Å². The van der Waals surface area contributed by atoms with Crippen LogP contribution in [0.15, 0.2) is 109 Å². The molecular formula is C30H30Cl2SiZr-2. The molecule has 0 nitrogen and oxygen atoms in total. The van der Waals surface area contributed by atoms with Gasteiger partial charge in [-0.05, 0) is 0 Å². The largest absolute Gasteiger partial charge is 0.168 e. The van der Waals surface area contributed by atoms with Crippen LogP contribution in [0.1, 0.15) is 22.3 Å². The Kier molecular flexibility index (Phi) is 13.7. The fraction of sp³-hybridized carbons (Fsp3) is 0.133. The normalized spacial score (nSPS) is 9.47. The summed E-state index contributed by atoms with van der Waals surface area (Å²) in [7, 11) is 0. The van der Waals surface area contributed by atoms with Crippen molar-refractivity contribution >= 4 is 26.6 Å². The molecule has 4 heteroatoms. The van der Waals surface area contributed by atoms with Crippen LogP contribution in [0.5, 0.6) is 0 Å². The van der Waals surface area contributed by atoms with Crippen LogP contribution < -0.4 is 35.2 Å². The Morgan fingerprint density at radius 2 is 1.21 bits per heavy atom. The molecule has 0 fully saturated rings. The number of hydrogen-bond donors (Lipinski definition) is 0. The average molecular weight is 581 g/mol. The summed E-state index contributed by atoms with van der Waals surface area (Å²) < 4.78 is 0. The molecule has 0 spiro atoms. The van der Waals surface area contributed by atoms with E-state index in [2.05, 4.69) is 137 Å². The standard InChI is InChI=1S/C12H10Si.C9H7.C9H13.2ClH.Zr/c1-3-7-11(8-4-1)13-12-9-5-2-6-10-12;1-2-5-9-7-3-6-8(9)4-1;1-6-5-7(2)9(4)8(6)3;;;/h1-10H;1-7H;5H,1-4H3;2*1H;/q;2*-1;;;+2/p-2. The summed E-state index contributed by atoms with van der Waals surface area (Å²) in [5.41, 5.74) is 5.29. The first-order valence-electron chi connectivity index (χ1n) is 11.0. The number of halogens is 2. The monoisotopic (exact) mass is 578 g/mol. The molecule has 0 aliphatic heterocycles. The second kappa shape index (κ2) is 15.3. The van der Waals surface area contributed by atoms with E-state index < -0.39 is 5.43 Å². The van der Waals surface area contributed by atoms with Crippen molar-refractivity contribution < 1.29 is 48.1 Å². The van der Waals surface area contributed by atoms with Crippen LogP contribution in [0.4, 0.5) is 0 Å². The van der Waals surface area contributed by atoms with Gasteiger partial charge in [0.2, 0.25) is 0 Å². The number of rotatable bonds is 2. The van der Waals surface area contributed by atoms with Crippen molar-refractivity contribution in [2.75, 3.05) is 0 Å². The predicted octanol–water partition coefficient (Wildman–Crippen LogP) is 0.545. The summed E-state index contributed by atoms with van der Waals surface area (Å²) in [5.74, 6) is 0. The Balaban J connectivity index is 0.000000257. The summed E-state index contributed by atoms with van der Waals surface area (Å²) in [5, 5.41) is 5.69. The van der Waals surface area contributed by atoms with Gasteiger partial charge >= 0.3 is 99.8 Å². The Hall–Kier alpha value is -1.70. The molecule has 0 bridgehead atoms. The van der Waals surface area contributed by atoms with E-state index in [-0.39, 0.29) is 24.8 Å². The van der Waals surface area contributed by atoms with Gasteiger partial charge in [0.25, 0.3) is 0 Å². The molecule has 0 aliphatic rings. The smallest absolute Gasteiger partial charge is 0.0809 e. The van der Waals surface area contributed by atoms with Crippen molar-refractivity contribution in [2.24, 2.45) is 0 Å². The van der Waals surface area contributed by atoms with E-state index in [0.29, 0.717) is 0 Å². The quantitative estimate of drug-likeness (QED) is 0.211. The molecule has 5 aromatic rings. The van der Waals surface area contributed by atoms with Gasteiger partial charge in [-0.15, -0.1) is 29.7 Å². The Morgan fingerprint density at radius 3 is 1.62 bits per heavy atom. The summed E-state index contributed by atoms with van der Waals surface area (Å²) in [4.78, 5) is 0. The molecule has 5 rings (SSSR count). The van der Waals surface area contributed by atoms with E-state index in [9.17, 15) is 0 Å². The van der Waals surface area contributed by atoms with Crippen molar-refractivity contribution in [3.63, 3.8) is 0 Å². The predicted molar refractivity (Wildman–Crippen MR) is 138 cm³/mol. The van der Waals surface area contributed by atoms with Crippen LogP contribution in [0.3, 0.4) is 0 Å². The minimum Gasteiger partial charge on any atom is -0.168 e. The van der Waals surface area contributed by atoms with E-state index in [0.717, 1.165) is 0 Å². The van der Waals surface area contributed by atoms with Gasteiger partial charge in [-0.25, -0.2) is 0 Å². The Morgan fingerprint density at radius 1 is 0.706 bits per heavy atom. The van der Waals surface area contributed by atoms with Gasteiger partial charge < -0.3 is 24.8 Å². The van der Waals surface area contributed by atoms with Gasteiger partial charge in [-0.3, -0.25) is 0 Å². The van der Waals surface area contributed by atoms with Crippen LogP contribution in [0.2, 0.25) is 0 Å². The van der Waals surface area contributed by atoms with Crippen LogP contribution >= 0.6 is 0 Å². The summed E-state index contributed by atoms with van der Waals surface area (Å²) in [6, 6.07) is 38.6. The molecule has 0 heterocycles. The van der Waals surface area contributed by atoms with E-state index in [1.807, 2.05) is 0 Å². The maximum atomic E-state index is 2.25. The van der Waals surface area contributed by atoms with Crippen LogP contribution in [0, 0.1) is 27.7 Å². The van der Waals surface area contributed by atoms with Crippen molar-refractivity contribution in [2.45, 2.75) is 27.7 Å². The van der Waals surface area contributed by atoms with Crippen molar-refractivity contribution in [3.05, 3.63) is 131 Å². The van der Waals surface area contributed by atoms with E-state index >= 15 is 0 Å². The summed E-state index contributed by atoms with van der Waals surface area (Å²) >= 11 is 1.64. The van der Waals surface area contributed by atoms with Crippen molar-refractivity contribution in [1.82, 2.24) is 0 Å². The third-order valence-electron chi connectivity index (χ3n) is 5.85. The first kappa shape index (κ1) is 30.3. The minimum absolute atomic E-state index is 0. The molecule has 0 unspecified atom stereocenters. The second-order valence-corrected chi connectivity index (χ2v) is 13.6. The van der Waals surface area contributed by atoms with Gasteiger partial charge in [-0.2, -0.15) is 45.8 Å². The van der Waals surface area contributed by atoms with Gasteiger partial charge in [0.05, 0.1) is 0 Å². The Bertz CT molecular complexity index is 1180. The van der Waals surface area contributed by atoms with E-state index in [4.69, 9.17) is 0 Å². The second-order valence-electron chi connectivity index (χ2n) is 8.02. The molecule has 0 aromatic heterocycles. The maximum Gasteiger partial charge on any atom is -0.0809 e. The SMILES string of the molecule is Cc1c[c-](C)c(C)c1C.[Cl-].[Cl-].[Zr+2]=[Si](c1ccccc1)c1ccccc1.c1ccc2[cH-]ccc2c1. The molecule has 0 N–H and O–H groups in total. The topological polar surface area (TPSA) is 0 Å². The molecule has 0 saturated heterocycles. The molecule has 0 saturated carbocycles. The fourth-order valence-electron chi connectivity index (χ4n) is 3.58. The zero-order valence-electron chi connectivity index (χ0n) is 20.1. The Labute approximate surface area is 232 Å². The van der Waals surface area contributed by atoms with Gasteiger partial charge in [0, 0.05) is 0 Å². The molecule has 174 valence electrons. The van der Waals surface area contributed by atoms with Crippen molar-refractivity contribution in [1.29, 1.82) is 0 Å². The summed E-state index contributed by atoms with van der Waals surface area (Å²) in [6.07, 6.45) is 0. The van der Waals surface area contributed by atoms with Crippen molar-refractivity contribution in [3.8, 4) is 0 Å². The molecular weight excluding hydrogens is 551 g/mol. The van der Waals surface area contributed by atoms with Gasteiger partial charge in [-0.1, -0.05) is 33.8 Å². The third-order valence-corrected chi connectivity index (χ3v) is 11.9. The number of hydrogen-bond acceptors (Lipinski definition) is 0. The molecule has 0 radical (unpaired) electrons. The van der Waals surface area contributed by atoms with Gasteiger partial charge in [0.15, 0.2) is 0 Å². The van der Waals surface area contributed by atoms with E-state index in [1.165, 1.54) is 43.4 Å². The molecule has 0 atom stereocenters. The molecule has 34 heavy (non-hydrogen) atoms. The number of benzene rings is 3. The molecule has 5 aromatic carbocycles. The molecule has 0 aliphatic carbocycles. The third kappa shape index (κ3) is 8.51. The van der Waals surface area contributed by atoms with Gasteiger partial charge in [0.1, 0.15) is 0 Å². The zero-order valence-corrected chi connectivity index (χ0v) is 25.1. The zero-order chi connectivity index (χ0) is 22.9. The summed E-state index contributed by atoms with van der Waals surface area (Å²) in [6.45, 7) is 8.68. The fourth-order valence-corrected chi connectivity index (χ4v) is 7.42.